The van der Waals surface area contributed by atoms with Crippen LogP contribution in [0.25, 0.3) is 65.0 Å². The number of aryl methyl sites for hydroxylation is 12. The fourth-order valence-corrected chi connectivity index (χ4v) is 17.1. The molecule has 0 aliphatic heterocycles. The number of benzene rings is 14. The average molecular weight is 2320 g/mol. The van der Waals surface area contributed by atoms with Crippen LogP contribution in [0.1, 0.15) is 129 Å². The molecular weight excluding hydrogens is 2160 g/mol. The highest BCUT2D eigenvalue weighted by molar-refractivity contribution is 9.11. The number of hydrogen-bond acceptors (Lipinski definition) is 8. The molecule has 1 aliphatic rings. The molecule has 0 heterocycles. The van der Waals surface area contributed by atoms with E-state index in [0.29, 0.717) is 0 Å². The predicted octanol–water partition coefficient (Wildman–Crippen LogP) is 34.6. The molecule has 0 spiro atoms. The van der Waals surface area contributed by atoms with E-state index < -0.39 is 5.41 Å². The van der Waals surface area contributed by atoms with Gasteiger partial charge in [0.05, 0.1) is 11.1 Å². The van der Waals surface area contributed by atoms with Crippen molar-refractivity contribution >= 4 is 215 Å². The SMILES string of the molecule is CBr.CBr.CBr.CBr.CBr.CBr.CCCN(CCC)CCC.CN(C)C.Cc1c2ccccc2c(C)c2cc(N(C)C)ccc12.Cc1cc(C)cc(N(C)C)c1.Cc1cc(N(C)C)c(C)cc1Br.Cc1ccc(N(C)C)cc1C.Cc1ccc2c(N(C)C)c3cc(C)ccc3cc2c1.Cc1ccc2c(c1)C(c1ccc(Br)cc1)(c1ccc(N(C)C)cc1)c1cc(C)c3ccccc3c1-2. The van der Waals surface area contributed by atoms with Gasteiger partial charge in [0.15, 0.2) is 0 Å². The predicted molar refractivity (Wildman–Crippen MR) is 638 cm³/mol. The van der Waals surface area contributed by atoms with Crippen LogP contribution in [-0.2, 0) is 5.41 Å². The summed E-state index contributed by atoms with van der Waals surface area (Å²) >= 11 is 24.8. The maximum absolute atomic E-state index is 3.67. The van der Waals surface area contributed by atoms with Crippen LogP contribution in [0.4, 0.5) is 34.1 Å². The molecule has 1 unspecified atom stereocenters. The van der Waals surface area contributed by atoms with Crippen LogP contribution in [0.3, 0.4) is 0 Å². The van der Waals surface area contributed by atoms with Gasteiger partial charge in [0.1, 0.15) is 0 Å². The van der Waals surface area contributed by atoms with Crippen LogP contribution in [-0.4, -0.2) is 170 Å². The summed E-state index contributed by atoms with van der Waals surface area (Å²) in [6, 6.07) is 84.9. The zero-order chi connectivity index (χ0) is 101. The molecule has 1 aliphatic carbocycles. The minimum atomic E-state index is -0.392. The molecule has 14 aromatic carbocycles. The highest BCUT2D eigenvalue weighted by Gasteiger charge is 2.47. The van der Waals surface area contributed by atoms with Gasteiger partial charge in [0, 0.05) is 133 Å². The van der Waals surface area contributed by atoms with Gasteiger partial charge in [-0.05, 0) is 390 Å². The lowest BCUT2D eigenvalue weighted by molar-refractivity contribution is 0.275. The second kappa shape index (κ2) is 62.7. The number of alkyl halides is 6. The maximum atomic E-state index is 3.67. The largest absolute Gasteiger partial charge is 0.378 e. The smallest absolute Gasteiger partial charge is 0.0714 e. The van der Waals surface area contributed by atoms with Crippen molar-refractivity contribution in [3.63, 3.8) is 0 Å². The number of halogens is 8. The van der Waals surface area contributed by atoms with E-state index in [9.17, 15) is 0 Å². The average Bonchev–Trinajstić information content (AvgIpc) is 1.52. The summed E-state index contributed by atoms with van der Waals surface area (Å²) < 4.78 is 2.28. The lowest BCUT2D eigenvalue weighted by Crippen LogP contribution is -2.29. The van der Waals surface area contributed by atoms with Crippen LogP contribution >= 0.6 is 127 Å². The highest BCUT2D eigenvalue weighted by Crippen LogP contribution is 2.59. The lowest BCUT2D eigenvalue weighted by Gasteiger charge is -2.34. The Kier molecular flexibility index (Phi) is 57.5. The number of rotatable bonds is 14. The zero-order valence-corrected chi connectivity index (χ0v) is 100.0. The first-order valence-electron chi connectivity index (χ1n) is 45.3. The van der Waals surface area contributed by atoms with E-state index in [-0.39, 0.29) is 0 Å². The second-order valence-corrected chi connectivity index (χ2v) is 36.5. The Morgan fingerprint density at radius 3 is 1.17 bits per heavy atom. The Hall–Kier alpha value is -7.06. The molecule has 0 fully saturated rings. The van der Waals surface area contributed by atoms with Crippen molar-refractivity contribution in [2.75, 3.05) is 190 Å². The highest BCUT2D eigenvalue weighted by atomic mass is 79.9. The van der Waals surface area contributed by atoms with E-state index in [1.807, 2.05) is 61.0 Å². The molecule has 0 aromatic heterocycles. The molecule has 0 N–H and O–H groups in total. The summed E-state index contributed by atoms with van der Waals surface area (Å²) in [5, 5.41) is 13.4. The summed E-state index contributed by atoms with van der Waals surface area (Å²) in [5.74, 6) is 10.9. The second-order valence-electron chi connectivity index (χ2n) is 34.8. The van der Waals surface area contributed by atoms with E-state index in [4.69, 9.17) is 0 Å². The maximum Gasteiger partial charge on any atom is 0.0714 e. The first-order valence-corrected chi connectivity index (χ1v) is 56.4. The molecule has 133 heavy (non-hydrogen) atoms. The first-order chi connectivity index (χ1) is 63.4. The molecular formula is C117H158Br8N8. The monoisotopic (exact) mass is 2310 g/mol. The van der Waals surface area contributed by atoms with Gasteiger partial charge in [-0.3, -0.25) is 0 Å². The van der Waals surface area contributed by atoms with Gasteiger partial charge in [-0.1, -0.05) is 310 Å². The summed E-state index contributed by atoms with van der Waals surface area (Å²) in [6.45, 7) is 36.5. The van der Waals surface area contributed by atoms with Gasteiger partial charge >= 0.3 is 0 Å². The van der Waals surface area contributed by atoms with Gasteiger partial charge in [0.2, 0.25) is 0 Å². The Morgan fingerprint density at radius 1 is 0.263 bits per heavy atom. The van der Waals surface area contributed by atoms with Gasteiger partial charge in [-0.25, -0.2) is 0 Å². The lowest BCUT2D eigenvalue weighted by atomic mass is 9.67. The fourth-order valence-electron chi connectivity index (χ4n) is 16.4. The molecule has 722 valence electrons. The number of anilines is 6. The molecule has 0 radical (unpaired) electrons. The first kappa shape index (κ1) is 122. The van der Waals surface area contributed by atoms with Crippen molar-refractivity contribution in [3.05, 3.63) is 328 Å². The standard InChI is InChI=1S/C33H28BrN.2C18H19N.C10H14BrN.2C10H15N.C9H21N.C3H9N.6CH3Br/c1-21-9-18-29-30(19-21)33(23-10-14-25(34)15-11-23,24-12-16-26(17-13-24)35(3)4)31-20-22(2)27-7-5-6-8-28(27)32(29)31;1-12-6-8-16-15(9-12)11-14-7-5-13(2)10-17(14)18(16)19(3)4;1-12-15-7-5-6-8-16(15)13(2)18-11-14(19(3)4)9-10-17(12)18;1-7-6-10(12(3)4)8(2)5-9(7)11;1-8-5-9(2)7-10(6-8)11(3)4;1-8-5-6-10(11(3)4)7-9(8)2;1-4-7-10(8-5-2)9-6-3;1-4(2)3;6*1-2/h5-20H,1-4H3;2*5-11H,1-4H3;5-6H,1-4H3;2*5-7H,1-4H3;4-9H2,1-3H3;1-3H3;6*1H3. The number of fused-ring (bicyclic) bond motifs is 9. The molecule has 16 heteroatoms. The Balaban J connectivity index is 0.000000535. The van der Waals surface area contributed by atoms with E-state index in [0.717, 1.165) is 4.47 Å². The third-order valence-electron chi connectivity index (χ3n) is 22.7. The molecule has 8 nitrogen and oxygen atoms in total. The van der Waals surface area contributed by atoms with Gasteiger partial charge in [-0.15, -0.1) is 0 Å². The van der Waals surface area contributed by atoms with Crippen LogP contribution in [0.2, 0.25) is 0 Å². The van der Waals surface area contributed by atoms with Crippen molar-refractivity contribution in [1.29, 1.82) is 0 Å². The number of hydrogen-bond donors (Lipinski definition) is 0. The summed E-state index contributed by atoms with van der Waals surface area (Å²) in [6.07, 6.45) is 3.88. The van der Waals surface area contributed by atoms with Gasteiger partial charge in [0.25, 0.3) is 0 Å². The van der Waals surface area contributed by atoms with E-state index in [1.165, 1.54) is 231 Å². The van der Waals surface area contributed by atoms with Crippen molar-refractivity contribution in [3.8, 4) is 11.1 Å². The molecule has 0 bridgehead atoms. The quantitative estimate of drug-likeness (QED) is 0.0785. The van der Waals surface area contributed by atoms with Crippen molar-refractivity contribution < 1.29 is 0 Å². The molecule has 0 saturated carbocycles. The normalized spacial score (nSPS) is 11.4. The molecule has 15 rings (SSSR count). The molecule has 0 amide bonds. The fraction of sp³-hybridized carbons (Fsp3) is 0.368. The molecule has 0 saturated heterocycles. The van der Waals surface area contributed by atoms with Crippen LogP contribution in [0, 0.1) is 83.1 Å². The van der Waals surface area contributed by atoms with E-state index >= 15 is 0 Å². The summed E-state index contributed by atoms with van der Waals surface area (Å²) in [5.41, 5.74) is 31.2. The van der Waals surface area contributed by atoms with Gasteiger partial charge in [-0.2, -0.15) is 0 Å². The Morgan fingerprint density at radius 2 is 0.684 bits per heavy atom. The van der Waals surface area contributed by atoms with Crippen LogP contribution in [0.15, 0.2) is 239 Å². The van der Waals surface area contributed by atoms with E-state index in [1.54, 1.807) is 0 Å². The summed E-state index contributed by atoms with van der Waals surface area (Å²) in [7, 11) is 31.0. The van der Waals surface area contributed by atoms with Crippen molar-refractivity contribution in [2.45, 2.75) is 129 Å². The topological polar surface area (TPSA) is 25.9 Å². The van der Waals surface area contributed by atoms with Crippen molar-refractivity contribution in [2.24, 2.45) is 0 Å². The van der Waals surface area contributed by atoms with E-state index in [2.05, 4.69) is 581 Å². The molecule has 1 atom stereocenters. The Labute approximate surface area is 874 Å². The van der Waals surface area contributed by atoms with Crippen LogP contribution in [0.5, 0.6) is 0 Å². The zero-order valence-electron chi connectivity index (χ0n) is 87.3. The van der Waals surface area contributed by atoms with Crippen molar-refractivity contribution in [1.82, 2.24) is 9.80 Å². The number of nitrogens with zero attached hydrogens (tertiary/aromatic N) is 8. The Bertz CT molecular complexity index is 5770. The summed E-state index contributed by atoms with van der Waals surface area (Å²) in [4.78, 5) is 17.5. The minimum absolute atomic E-state index is 0.392. The third kappa shape index (κ3) is 34.8. The minimum Gasteiger partial charge on any atom is -0.378 e. The molecule has 14 aromatic rings. The third-order valence-corrected chi connectivity index (χ3v) is 24.0. The van der Waals surface area contributed by atoms with Gasteiger partial charge < -0.3 is 39.2 Å². The van der Waals surface area contributed by atoms with Crippen LogP contribution < -0.4 is 29.4 Å².